The Bertz CT molecular complexity index is 1420. The highest BCUT2D eigenvalue weighted by Gasteiger charge is 2.46. The summed E-state index contributed by atoms with van der Waals surface area (Å²) in [5.74, 6) is -1.12. The van der Waals surface area contributed by atoms with Gasteiger partial charge >= 0.3 is 0 Å². The van der Waals surface area contributed by atoms with Crippen molar-refractivity contribution in [3.05, 3.63) is 52.2 Å². The molecule has 0 spiro atoms. The number of aliphatic hydroxyl groups is 7. The lowest BCUT2D eigenvalue weighted by atomic mass is 9.92. The normalized spacial score (nSPS) is 32.7. The fraction of sp³-hybridized carbons (Fsp3) is 0.423. The summed E-state index contributed by atoms with van der Waals surface area (Å²) in [4.78, 5) is 13.2. The standard InChI is InChI=1S/C26H28O14/c27-7-16-20(32)22(34)24(36)26(40-16)39-15-6-14-17(11(29)5-13(38-14)9-1-3-10(28)4-2-9)21(33)18(15)25-23(35)19(31)12(30)8-37-25/h1-6,12,16,19-20,22-28,30-36H,7-8H2/t12-,16+,19+,20+,22-,23-,24+,25+,26+/m0/s1. The SMILES string of the molecule is O=c1cc(-c2ccc(O)cc2)oc2cc(O[C@@H]3O[C@H](CO)[C@@H](O)[C@H](O)[C@H]3O)c([C@H]3OC[C@H](O)[C@@H](O)[C@@H]3O)c(O)c12. The van der Waals surface area contributed by atoms with E-state index in [1.54, 1.807) is 0 Å². The molecular formula is C26H28O14. The lowest BCUT2D eigenvalue weighted by Crippen LogP contribution is -2.60. The second-order valence-electron chi connectivity index (χ2n) is 9.65. The minimum Gasteiger partial charge on any atom is -0.508 e. The Morgan fingerprint density at radius 2 is 1.57 bits per heavy atom. The van der Waals surface area contributed by atoms with Crippen molar-refractivity contribution in [3.8, 4) is 28.6 Å². The number of aromatic hydroxyl groups is 2. The van der Waals surface area contributed by atoms with Crippen LogP contribution in [-0.2, 0) is 9.47 Å². The zero-order valence-electron chi connectivity index (χ0n) is 20.6. The van der Waals surface area contributed by atoms with E-state index < -0.39 is 79.5 Å². The molecule has 14 nitrogen and oxygen atoms in total. The minimum atomic E-state index is -1.86. The van der Waals surface area contributed by atoms with E-state index in [0.717, 1.165) is 12.1 Å². The first-order chi connectivity index (χ1) is 19.0. The smallest absolute Gasteiger partial charge is 0.229 e. The summed E-state index contributed by atoms with van der Waals surface area (Å²) in [5.41, 5.74) is -0.900. The Morgan fingerprint density at radius 3 is 2.25 bits per heavy atom. The Balaban J connectivity index is 1.66. The highest BCUT2D eigenvalue weighted by atomic mass is 16.7. The summed E-state index contributed by atoms with van der Waals surface area (Å²) in [5, 5.41) is 91.6. The second kappa shape index (κ2) is 10.9. The molecule has 9 atom stereocenters. The van der Waals surface area contributed by atoms with E-state index in [4.69, 9.17) is 18.6 Å². The van der Waals surface area contributed by atoms with Crippen LogP contribution in [0.2, 0.25) is 0 Å². The number of benzene rings is 2. The van der Waals surface area contributed by atoms with Crippen LogP contribution in [0.4, 0.5) is 0 Å². The number of rotatable bonds is 5. The van der Waals surface area contributed by atoms with Crippen LogP contribution in [-0.4, -0.2) is 108 Å². The Labute approximate surface area is 225 Å². The van der Waals surface area contributed by atoms with Gasteiger partial charge < -0.3 is 64.6 Å². The first-order valence-electron chi connectivity index (χ1n) is 12.3. The molecule has 1 aromatic heterocycles. The molecule has 14 heteroatoms. The molecule has 0 amide bonds. The van der Waals surface area contributed by atoms with E-state index in [0.29, 0.717) is 5.56 Å². The van der Waals surface area contributed by atoms with Gasteiger partial charge in [-0.25, -0.2) is 0 Å². The molecule has 40 heavy (non-hydrogen) atoms. The van der Waals surface area contributed by atoms with Gasteiger partial charge in [0.2, 0.25) is 6.29 Å². The van der Waals surface area contributed by atoms with Crippen LogP contribution in [0.3, 0.4) is 0 Å². The van der Waals surface area contributed by atoms with Gasteiger partial charge in [-0.1, -0.05) is 0 Å². The van der Waals surface area contributed by atoms with Crippen molar-refractivity contribution < 1.29 is 64.6 Å². The number of aliphatic hydroxyl groups excluding tert-OH is 7. The predicted molar refractivity (Wildman–Crippen MR) is 132 cm³/mol. The Hall–Kier alpha value is -3.31. The van der Waals surface area contributed by atoms with Crippen LogP contribution in [0.5, 0.6) is 17.2 Å². The third-order valence-electron chi connectivity index (χ3n) is 7.02. The first kappa shape index (κ1) is 28.2. The molecule has 0 unspecified atom stereocenters. The number of hydrogen-bond donors (Lipinski definition) is 9. The average molecular weight is 564 g/mol. The number of fused-ring (bicyclic) bond motifs is 1. The van der Waals surface area contributed by atoms with Gasteiger partial charge in [-0.05, 0) is 24.3 Å². The summed E-state index contributed by atoms with van der Waals surface area (Å²) < 4.78 is 22.5. The highest BCUT2D eigenvalue weighted by molar-refractivity contribution is 5.88. The fourth-order valence-corrected chi connectivity index (χ4v) is 4.79. The number of phenolic OH excluding ortho intramolecular Hbond substituents is 2. The average Bonchev–Trinajstić information content (AvgIpc) is 2.93. The maximum absolute atomic E-state index is 13.2. The van der Waals surface area contributed by atoms with Crippen molar-refractivity contribution in [2.75, 3.05) is 13.2 Å². The van der Waals surface area contributed by atoms with Crippen molar-refractivity contribution in [1.82, 2.24) is 0 Å². The molecule has 2 saturated heterocycles. The number of ether oxygens (including phenoxy) is 3. The van der Waals surface area contributed by atoms with Crippen molar-refractivity contribution in [2.45, 2.75) is 55.1 Å². The molecule has 0 bridgehead atoms. The van der Waals surface area contributed by atoms with Crippen LogP contribution in [0.25, 0.3) is 22.3 Å². The Kier molecular flexibility index (Phi) is 7.71. The van der Waals surface area contributed by atoms with Crippen molar-refractivity contribution in [2.24, 2.45) is 0 Å². The maximum atomic E-state index is 13.2. The van der Waals surface area contributed by atoms with E-state index in [9.17, 15) is 50.8 Å². The molecule has 0 radical (unpaired) electrons. The van der Waals surface area contributed by atoms with Crippen LogP contribution in [0.15, 0.2) is 45.6 Å². The van der Waals surface area contributed by atoms with Crippen LogP contribution < -0.4 is 10.2 Å². The zero-order chi connectivity index (χ0) is 28.9. The summed E-state index contributed by atoms with van der Waals surface area (Å²) in [6, 6.07) is 7.93. The summed E-state index contributed by atoms with van der Waals surface area (Å²) in [6.45, 7) is -1.21. The largest absolute Gasteiger partial charge is 0.508 e. The molecule has 0 saturated carbocycles. The molecule has 3 heterocycles. The van der Waals surface area contributed by atoms with Gasteiger partial charge in [0.25, 0.3) is 0 Å². The molecule has 2 fully saturated rings. The van der Waals surface area contributed by atoms with Crippen LogP contribution >= 0.6 is 0 Å². The molecule has 2 aromatic carbocycles. The highest BCUT2D eigenvalue weighted by Crippen LogP contribution is 2.45. The molecule has 0 aliphatic carbocycles. The van der Waals surface area contributed by atoms with Gasteiger partial charge in [-0.2, -0.15) is 0 Å². The van der Waals surface area contributed by atoms with Gasteiger partial charge in [-0.15, -0.1) is 0 Å². The van der Waals surface area contributed by atoms with Crippen molar-refractivity contribution in [3.63, 3.8) is 0 Å². The lowest BCUT2D eigenvalue weighted by Gasteiger charge is -2.40. The molecule has 3 aromatic rings. The first-order valence-corrected chi connectivity index (χ1v) is 12.3. The topological polar surface area (TPSA) is 240 Å². The van der Waals surface area contributed by atoms with E-state index >= 15 is 0 Å². The summed E-state index contributed by atoms with van der Waals surface area (Å²) >= 11 is 0. The monoisotopic (exact) mass is 564 g/mol. The van der Waals surface area contributed by atoms with E-state index in [1.807, 2.05) is 0 Å². The van der Waals surface area contributed by atoms with Gasteiger partial charge in [-0.3, -0.25) is 4.79 Å². The predicted octanol–water partition coefficient (Wildman–Crippen LogP) is -1.80. The number of hydrogen-bond acceptors (Lipinski definition) is 14. The van der Waals surface area contributed by atoms with Gasteiger partial charge in [0, 0.05) is 17.7 Å². The summed E-state index contributed by atoms with van der Waals surface area (Å²) in [7, 11) is 0. The third kappa shape index (κ3) is 4.89. The van der Waals surface area contributed by atoms with E-state index in [-0.39, 0.29) is 33.8 Å². The van der Waals surface area contributed by atoms with Gasteiger partial charge in [0.05, 0.1) is 18.8 Å². The fourth-order valence-electron chi connectivity index (χ4n) is 4.79. The van der Waals surface area contributed by atoms with Crippen molar-refractivity contribution >= 4 is 11.0 Å². The molecule has 2 aliphatic heterocycles. The molecule has 2 aliphatic rings. The molecule has 9 N–H and O–H groups in total. The van der Waals surface area contributed by atoms with Crippen LogP contribution in [0.1, 0.15) is 11.7 Å². The van der Waals surface area contributed by atoms with Gasteiger partial charge in [0.15, 0.2) is 5.43 Å². The van der Waals surface area contributed by atoms with Gasteiger partial charge in [0.1, 0.15) is 82.8 Å². The summed E-state index contributed by atoms with van der Waals surface area (Å²) in [6.07, 6.45) is -15.0. The molecule has 5 rings (SSSR count). The quantitative estimate of drug-likeness (QED) is 0.166. The minimum absolute atomic E-state index is 0.0252. The van der Waals surface area contributed by atoms with E-state index in [2.05, 4.69) is 0 Å². The zero-order valence-corrected chi connectivity index (χ0v) is 20.6. The lowest BCUT2D eigenvalue weighted by molar-refractivity contribution is -0.278. The maximum Gasteiger partial charge on any atom is 0.229 e. The molecule has 216 valence electrons. The van der Waals surface area contributed by atoms with E-state index in [1.165, 1.54) is 24.3 Å². The Morgan fingerprint density at radius 1 is 0.875 bits per heavy atom. The third-order valence-corrected chi connectivity index (χ3v) is 7.02. The number of phenols is 2. The van der Waals surface area contributed by atoms with Crippen molar-refractivity contribution in [1.29, 1.82) is 0 Å². The second-order valence-corrected chi connectivity index (χ2v) is 9.65. The van der Waals surface area contributed by atoms with Crippen LogP contribution in [0, 0.1) is 0 Å². The molecular weight excluding hydrogens is 536 g/mol.